The molecule has 14 heavy (non-hydrogen) atoms. The lowest BCUT2D eigenvalue weighted by molar-refractivity contribution is -0.220. The molecule has 80 valence electrons. The van der Waals surface area contributed by atoms with Gasteiger partial charge in [0, 0.05) is 11.8 Å². The predicted molar refractivity (Wildman–Crippen MR) is 55.4 cm³/mol. The first-order valence-electron chi connectivity index (χ1n) is 4.40. The molecule has 0 aromatic carbocycles. The summed E-state index contributed by atoms with van der Waals surface area (Å²) in [6.07, 6.45) is -1.81. The standard InChI is InChI=1S/C8H8Cl4O2/c9-5-1-3(13)4(14)2-6(10)7(1,11)8(2,5)12/h1-6,13-14H/t1-,2-,3-,4+,5-,6-,7-,8-/m0/s1. The summed E-state index contributed by atoms with van der Waals surface area (Å²) in [7, 11) is 0. The van der Waals surface area contributed by atoms with Gasteiger partial charge in [-0.25, -0.2) is 0 Å². The van der Waals surface area contributed by atoms with Crippen LogP contribution >= 0.6 is 46.4 Å². The largest absolute Gasteiger partial charge is 0.390 e. The molecule has 0 heterocycles. The van der Waals surface area contributed by atoms with E-state index < -0.39 is 44.5 Å². The molecule has 0 aromatic rings. The van der Waals surface area contributed by atoms with E-state index in [2.05, 4.69) is 0 Å². The number of hydrogen-bond donors (Lipinski definition) is 2. The van der Waals surface area contributed by atoms with Crippen LogP contribution in [0.2, 0.25) is 0 Å². The fourth-order valence-electron chi connectivity index (χ4n) is 3.33. The molecule has 5 aliphatic rings. The predicted octanol–water partition coefficient (Wildman–Crippen LogP) is 1.15. The summed E-state index contributed by atoms with van der Waals surface area (Å²) in [5, 5.41) is 18.6. The molecule has 5 fully saturated rings. The van der Waals surface area contributed by atoms with Crippen LogP contribution in [0.5, 0.6) is 0 Å². The van der Waals surface area contributed by atoms with Crippen molar-refractivity contribution in [2.45, 2.75) is 32.7 Å². The summed E-state index contributed by atoms with van der Waals surface area (Å²) in [5.74, 6) is -0.823. The second-order valence-electron chi connectivity index (χ2n) is 4.37. The molecule has 0 radical (unpaired) electrons. The summed E-state index contributed by atoms with van der Waals surface area (Å²) in [6.45, 7) is 0. The fourth-order valence-corrected chi connectivity index (χ4v) is 6.18. The minimum atomic E-state index is -0.907. The molecule has 0 saturated heterocycles. The van der Waals surface area contributed by atoms with Crippen molar-refractivity contribution in [3.63, 3.8) is 0 Å². The first-order chi connectivity index (χ1) is 6.38. The van der Waals surface area contributed by atoms with Gasteiger partial charge in [0.25, 0.3) is 0 Å². The van der Waals surface area contributed by atoms with Crippen molar-refractivity contribution < 1.29 is 10.2 Å². The van der Waals surface area contributed by atoms with E-state index in [1.54, 1.807) is 0 Å². The summed E-state index contributed by atoms with van der Waals surface area (Å²) in [6, 6.07) is 0. The van der Waals surface area contributed by atoms with Crippen LogP contribution in [-0.4, -0.2) is 42.9 Å². The monoisotopic (exact) mass is 276 g/mol. The van der Waals surface area contributed by atoms with Crippen molar-refractivity contribution in [3.05, 3.63) is 0 Å². The molecule has 4 bridgehead atoms. The topological polar surface area (TPSA) is 40.5 Å². The lowest BCUT2D eigenvalue weighted by atomic mass is 9.38. The zero-order chi connectivity index (χ0) is 10.5. The number of halogens is 4. The lowest BCUT2D eigenvalue weighted by Gasteiger charge is -2.80. The Balaban J connectivity index is 2.09. The zero-order valence-electron chi connectivity index (χ0n) is 6.87. The highest BCUT2D eigenvalue weighted by Gasteiger charge is 2.91. The molecule has 2 N–H and O–H groups in total. The second kappa shape index (κ2) is 2.49. The average Bonchev–Trinajstić information content (AvgIpc) is 2.14. The Kier molecular flexibility index (Phi) is 1.83. The number of aliphatic hydroxyl groups is 2. The van der Waals surface area contributed by atoms with Gasteiger partial charge in [0.2, 0.25) is 0 Å². The molecule has 5 rings (SSSR count). The minimum absolute atomic E-state index is 0.403. The summed E-state index contributed by atoms with van der Waals surface area (Å²) < 4.78 is 0. The summed E-state index contributed by atoms with van der Waals surface area (Å²) in [5.41, 5.74) is 0. The Morgan fingerprint density at radius 1 is 0.786 bits per heavy atom. The van der Waals surface area contributed by atoms with Crippen molar-refractivity contribution in [1.29, 1.82) is 0 Å². The molecule has 8 atom stereocenters. The molecular formula is C8H8Cl4O2. The SMILES string of the molecule is O[C@@H]1[C@H](O)[C@H]2[C@H](Cl)[C@@]3(Cl)[C@@H]1[C@H](Cl)[C@@]23Cl. The van der Waals surface area contributed by atoms with Crippen LogP contribution in [0.1, 0.15) is 0 Å². The van der Waals surface area contributed by atoms with Gasteiger partial charge in [-0.2, -0.15) is 0 Å². The average molecular weight is 278 g/mol. The maximum absolute atomic E-state index is 9.72. The van der Waals surface area contributed by atoms with Crippen LogP contribution in [-0.2, 0) is 0 Å². The van der Waals surface area contributed by atoms with Gasteiger partial charge in [0.05, 0.1) is 32.7 Å². The molecule has 0 aromatic heterocycles. The number of hydrogen-bond acceptors (Lipinski definition) is 2. The first-order valence-corrected chi connectivity index (χ1v) is 6.03. The van der Waals surface area contributed by atoms with Crippen molar-refractivity contribution >= 4 is 46.4 Å². The van der Waals surface area contributed by atoms with Gasteiger partial charge in [-0.15, -0.1) is 46.4 Å². The Morgan fingerprint density at radius 2 is 1.07 bits per heavy atom. The highest BCUT2D eigenvalue weighted by Crippen LogP contribution is 2.78. The number of aliphatic hydroxyl groups excluding tert-OH is 2. The van der Waals surface area contributed by atoms with Gasteiger partial charge in [0.15, 0.2) is 0 Å². The van der Waals surface area contributed by atoms with Gasteiger partial charge in [-0.3, -0.25) is 0 Å². The third kappa shape index (κ3) is 0.653. The van der Waals surface area contributed by atoms with E-state index >= 15 is 0 Å². The smallest absolute Gasteiger partial charge is 0.0892 e. The second-order valence-corrected chi connectivity index (χ2v) is 6.56. The third-order valence-corrected chi connectivity index (χ3v) is 7.23. The van der Waals surface area contributed by atoms with Crippen LogP contribution in [0, 0.1) is 11.8 Å². The highest BCUT2D eigenvalue weighted by atomic mass is 35.5. The minimum Gasteiger partial charge on any atom is -0.390 e. The van der Waals surface area contributed by atoms with Crippen molar-refractivity contribution in [2.24, 2.45) is 11.8 Å². The Morgan fingerprint density at radius 3 is 1.36 bits per heavy atom. The fraction of sp³-hybridized carbons (Fsp3) is 1.00. The van der Waals surface area contributed by atoms with Crippen LogP contribution in [0.15, 0.2) is 0 Å². The Hall–Kier alpha value is 1.08. The first kappa shape index (κ1) is 10.2. The van der Waals surface area contributed by atoms with Crippen molar-refractivity contribution in [2.75, 3.05) is 0 Å². The normalized spacial score (nSPS) is 75.0. The summed E-state index contributed by atoms with van der Waals surface area (Å²) >= 11 is 24.6. The van der Waals surface area contributed by atoms with E-state index in [0.717, 1.165) is 0 Å². The number of alkyl halides is 4. The highest BCUT2D eigenvalue weighted by molar-refractivity contribution is 6.48. The molecule has 2 nitrogen and oxygen atoms in total. The van der Waals surface area contributed by atoms with Crippen LogP contribution in [0.3, 0.4) is 0 Å². The van der Waals surface area contributed by atoms with E-state index in [4.69, 9.17) is 46.4 Å². The molecular weight excluding hydrogens is 270 g/mol. The molecule has 0 amide bonds. The molecule has 6 heteroatoms. The van der Waals surface area contributed by atoms with E-state index in [-0.39, 0.29) is 0 Å². The van der Waals surface area contributed by atoms with Gasteiger partial charge >= 0.3 is 0 Å². The van der Waals surface area contributed by atoms with Crippen LogP contribution in [0.25, 0.3) is 0 Å². The number of rotatable bonds is 0. The Bertz CT molecular complexity index is 276. The van der Waals surface area contributed by atoms with E-state index in [1.807, 2.05) is 0 Å². The molecule has 0 unspecified atom stereocenters. The van der Waals surface area contributed by atoms with Gasteiger partial charge < -0.3 is 10.2 Å². The van der Waals surface area contributed by atoms with Crippen LogP contribution in [0.4, 0.5) is 0 Å². The van der Waals surface area contributed by atoms with E-state index in [1.165, 1.54) is 0 Å². The van der Waals surface area contributed by atoms with Gasteiger partial charge in [-0.05, 0) is 0 Å². The van der Waals surface area contributed by atoms with Crippen LogP contribution < -0.4 is 0 Å². The zero-order valence-corrected chi connectivity index (χ0v) is 9.89. The molecule has 5 aliphatic carbocycles. The lowest BCUT2D eigenvalue weighted by Crippen LogP contribution is -2.96. The van der Waals surface area contributed by atoms with Crippen molar-refractivity contribution in [1.82, 2.24) is 0 Å². The molecule has 0 spiro atoms. The molecule has 5 saturated carbocycles. The maximum atomic E-state index is 9.72. The quantitative estimate of drug-likeness (QED) is 0.653. The molecule has 0 aliphatic heterocycles. The Labute approximate surface area is 101 Å². The van der Waals surface area contributed by atoms with Crippen molar-refractivity contribution in [3.8, 4) is 0 Å². The van der Waals surface area contributed by atoms with Gasteiger partial charge in [0.1, 0.15) is 0 Å². The maximum Gasteiger partial charge on any atom is 0.0892 e. The third-order valence-electron chi connectivity index (χ3n) is 4.08. The van der Waals surface area contributed by atoms with E-state index in [9.17, 15) is 10.2 Å². The van der Waals surface area contributed by atoms with Gasteiger partial charge in [-0.1, -0.05) is 0 Å². The summed E-state index contributed by atoms with van der Waals surface area (Å²) in [4.78, 5) is -1.68. The van der Waals surface area contributed by atoms with E-state index in [0.29, 0.717) is 0 Å².